The van der Waals surface area contributed by atoms with E-state index in [1.165, 1.54) is 27.1 Å². The van der Waals surface area contributed by atoms with Crippen molar-refractivity contribution in [1.82, 2.24) is 0 Å². The molecule has 3 aromatic rings. The molecule has 2 N–H and O–H groups in total. The van der Waals surface area contributed by atoms with Gasteiger partial charge < -0.3 is 5.73 Å². The molecule has 0 aliphatic heterocycles. The van der Waals surface area contributed by atoms with Crippen LogP contribution >= 0.6 is 11.3 Å². The quantitative estimate of drug-likeness (QED) is 0.741. The normalized spacial score (nSPS) is 12.3. The van der Waals surface area contributed by atoms with Gasteiger partial charge in [-0.15, -0.1) is 11.3 Å². The van der Waals surface area contributed by atoms with Crippen molar-refractivity contribution in [3.63, 3.8) is 0 Å². The van der Waals surface area contributed by atoms with Gasteiger partial charge in [0.05, 0.1) is 6.04 Å². The summed E-state index contributed by atoms with van der Waals surface area (Å²) in [5.41, 5.74) is 11.5. The molecule has 0 fully saturated rings. The maximum Gasteiger partial charge on any atom is 0.0648 e. The van der Waals surface area contributed by atoms with E-state index < -0.39 is 0 Å². The van der Waals surface area contributed by atoms with Crippen LogP contribution < -0.4 is 5.73 Å². The number of hydrogen-bond donors (Lipinski definition) is 1. The van der Waals surface area contributed by atoms with Gasteiger partial charge in [0.2, 0.25) is 0 Å². The maximum absolute atomic E-state index is 6.37. The van der Waals surface area contributed by atoms with Crippen molar-refractivity contribution in [2.75, 3.05) is 0 Å². The van der Waals surface area contributed by atoms with Gasteiger partial charge in [0.15, 0.2) is 0 Å². The molecule has 1 atom stereocenters. The Morgan fingerprint density at radius 2 is 1.57 bits per heavy atom. The minimum absolute atomic E-state index is 0.0178. The highest BCUT2D eigenvalue weighted by Gasteiger charge is 2.12. The number of aryl methyl sites for hydroxylation is 1. The fraction of sp³-hybridized carbons (Fsp3) is 0.158. The van der Waals surface area contributed by atoms with Crippen molar-refractivity contribution in [2.24, 2.45) is 5.73 Å². The third-order valence-electron chi connectivity index (χ3n) is 3.77. The average Bonchev–Trinajstić information content (AvgIpc) is 2.94. The van der Waals surface area contributed by atoms with Crippen molar-refractivity contribution >= 4 is 11.3 Å². The highest BCUT2D eigenvalue weighted by molar-refractivity contribution is 7.10. The molecule has 1 unspecified atom stereocenters. The van der Waals surface area contributed by atoms with E-state index in [1.54, 1.807) is 11.3 Å². The van der Waals surface area contributed by atoms with Crippen LogP contribution in [0.25, 0.3) is 0 Å². The van der Waals surface area contributed by atoms with Crippen molar-refractivity contribution < 1.29 is 0 Å². The summed E-state index contributed by atoms with van der Waals surface area (Å²) in [6.07, 6.45) is 0.967. The largest absolute Gasteiger partial charge is 0.320 e. The molecular weight excluding hydrogens is 274 g/mol. The van der Waals surface area contributed by atoms with E-state index in [2.05, 4.69) is 73.0 Å². The number of hydrogen-bond acceptors (Lipinski definition) is 2. The van der Waals surface area contributed by atoms with Gasteiger partial charge in [0, 0.05) is 4.88 Å². The molecule has 0 radical (unpaired) electrons. The van der Waals surface area contributed by atoms with Crippen LogP contribution in [0.3, 0.4) is 0 Å². The molecule has 2 heteroatoms. The molecule has 0 spiro atoms. The number of benzene rings is 2. The molecule has 106 valence electrons. The van der Waals surface area contributed by atoms with E-state index in [4.69, 9.17) is 5.73 Å². The monoisotopic (exact) mass is 293 g/mol. The summed E-state index contributed by atoms with van der Waals surface area (Å²) in [4.78, 5) is 1.26. The summed E-state index contributed by atoms with van der Waals surface area (Å²) in [7, 11) is 0. The van der Waals surface area contributed by atoms with Crippen LogP contribution in [0.4, 0.5) is 0 Å². The van der Waals surface area contributed by atoms with Gasteiger partial charge in [-0.05, 0) is 47.0 Å². The smallest absolute Gasteiger partial charge is 0.0648 e. The van der Waals surface area contributed by atoms with Crippen molar-refractivity contribution in [2.45, 2.75) is 19.4 Å². The summed E-state index contributed by atoms with van der Waals surface area (Å²) >= 11 is 1.73. The second-order valence-corrected chi connectivity index (χ2v) is 6.30. The van der Waals surface area contributed by atoms with Gasteiger partial charge >= 0.3 is 0 Å². The SMILES string of the molecule is Cc1ccsc1C(N)c1ccc(Cc2ccccc2)cc1. The Kier molecular flexibility index (Phi) is 4.18. The molecule has 1 aromatic heterocycles. The van der Waals surface area contributed by atoms with Gasteiger partial charge in [0.1, 0.15) is 0 Å². The van der Waals surface area contributed by atoms with Gasteiger partial charge in [-0.2, -0.15) is 0 Å². The van der Waals surface area contributed by atoms with Crippen LogP contribution in [-0.4, -0.2) is 0 Å². The Morgan fingerprint density at radius 3 is 2.19 bits per heavy atom. The molecule has 21 heavy (non-hydrogen) atoms. The second-order valence-electron chi connectivity index (χ2n) is 5.35. The second kappa shape index (κ2) is 6.25. The Morgan fingerprint density at radius 1 is 0.905 bits per heavy atom. The summed E-state index contributed by atoms with van der Waals surface area (Å²) in [5.74, 6) is 0. The molecule has 0 bridgehead atoms. The first kappa shape index (κ1) is 14.1. The van der Waals surface area contributed by atoms with Crippen LogP contribution in [0, 0.1) is 6.92 Å². The lowest BCUT2D eigenvalue weighted by Crippen LogP contribution is -2.11. The first-order valence-electron chi connectivity index (χ1n) is 7.16. The molecule has 1 heterocycles. The van der Waals surface area contributed by atoms with Crippen LogP contribution in [0.2, 0.25) is 0 Å². The number of rotatable bonds is 4. The fourth-order valence-corrected chi connectivity index (χ4v) is 3.48. The van der Waals surface area contributed by atoms with Crippen molar-refractivity contribution in [3.8, 4) is 0 Å². The Bertz CT molecular complexity index is 698. The topological polar surface area (TPSA) is 26.0 Å². The highest BCUT2D eigenvalue weighted by atomic mass is 32.1. The molecule has 0 amide bonds. The minimum atomic E-state index is -0.0178. The van der Waals surface area contributed by atoms with Gasteiger partial charge in [-0.1, -0.05) is 54.6 Å². The lowest BCUT2D eigenvalue weighted by molar-refractivity contribution is 0.883. The third-order valence-corrected chi connectivity index (χ3v) is 4.88. The zero-order chi connectivity index (χ0) is 14.7. The first-order valence-corrected chi connectivity index (χ1v) is 8.04. The van der Waals surface area contributed by atoms with Gasteiger partial charge in [-0.25, -0.2) is 0 Å². The molecule has 0 aliphatic rings. The van der Waals surface area contributed by atoms with Crippen LogP contribution in [0.5, 0.6) is 0 Å². The van der Waals surface area contributed by atoms with E-state index in [9.17, 15) is 0 Å². The molecular formula is C19H19NS. The Labute approximate surface area is 130 Å². The van der Waals surface area contributed by atoms with E-state index in [0.29, 0.717) is 0 Å². The lowest BCUT2D eigenvalue weighted by atomic mass is 9.99. The zero-order valence-electron chi connectivity index (χ0n) is 12.1. The van der Waals surface area contributed by atoms with Crippen molar-refractivity contribution in [1.29, 1.82) is 0 Å². The van der Waals surface area contributed by atoms with E-state index in [-0.39, 0.29) is 6.04 Å². The summed E-state index contributed by atoms with van der Waals surface area (Å²) in [5, 5.41) is 2.11. The molecule has 3 rings (SSSR count). The van der Waals surface area contributed by atoms with Gasteiger partial charge in [-0.3, -0.25) is 0 Å². The highest BCUT2D eigenvalue weighted by Crippen LogP contribution is 2.27. The fourth-order valence-electron chi connectivity index (χ4n) is 2.53. The summed E-state index contributed by atoms with van der Waals surface area (Å²) in [6, 6.07) is 21.3. The van der Waals surface area contributed by atoms with Crippen LogP contribution in [0.1, 0.15) is 33.2 Å². The minimum Gasteiger partial charge on any atom is -0.320 e. The van der Waals surface area contributed by atoms with Crippen LogP contribution in [0.15, 0.2) is 66.0 Å². The maximum atomic E-state index is 6.37. The van der Waals surface area contributed by atoms with Crippen LogP contribution in [-0.2, 0) is 6.42 Å². The predicted octanol–water partition coefficient (Wildman–Crippen LogP) is 4.70. The predicted molar refractivity (Wildman–Crippen MR) is 90.8 cm³/mol. The third kappa shape index (κ3) is 3.23. The molecule has 2 aromatic carbocycles. The number of nitrogens with two attached hydrogens (primary N) is 1. The molecule has 0 aliphatic carbocycles. The Hall–Kier alpha value is -1.90. The van der Waals surface area contributed by atoms with E-state index in [0.717, 1.165) is 6.42 Å². The van der Waals surface area contributed by atoms with Gasteiger partial charge in [0.25, 0.3) is 0 Å². The summed E-state index contributed by atoms with van der Waals surface area (Å²) in [6.45, 7) is 2.12. The zero-order valence-corrected chi connectivity index (χ0v) is 12.9. The summed E-state index contributed by atoms with van der Waals surface area (Å²) < 4.78 is 0. The molecule has 1 nitrogen and oxygen atoms in total. The number of thiophene rings is 1. The lowest BCUT2D eigenvalue weighted by Gasteiger charge is -2.12. The standard InChI is InChI=1S/C19H19NS/c1-14-11-12-21-19(14)18(20)17-9-7-16(8-10-17)13-15-5-3-2-4-6-15/h2-12,18H,13,20H2,1H3. The average molecular weight is 293 g/mol. The molecule has 0 saturated heterocycles. The molecule has 0 saturated carbocycles. The van der Waals surface area contributed by atoms with E-state index in [1.807, 2.05) is 0 Å². The van der Waals surface area contributed by atoms with E-state index >= 15 is 0 Å². The first-order chi connectivity index (χ1) is 10.2. The van der Waals surface area contributed by atoms with Crippen molar-refractivity contribution in [3.05, 3.63) is 93.2 Å². The Balaban J connectivity index is 1.77.